The number of ether oxygens (including phenoxy) is 4. The van der Waals surface area contributed by atoms with Gasteiger partial charge in [0, 0.05) is 5.92 Å². The van der Waals surface area contributed by atoms with Crippen molar-refractivity contribution < 1.29 is 18.9 Å². The predicted molar refractivity (Wildman–Crippen MR) is 100 cm³/mol. The van der Waals surface area contributed by atoms with Crippen LogP contribution in [0.5, 0.6) is 23.0 Å². The van der Waals surface area contributed by atoms with E-state index in [-0.39, 0.29) is 12.7 Å². The topological polar surface area (TPSA) is 36.9 Å². The zero-order valence-corrected chi connectivity index (χ0v) is 14.5. The highest BCUT2D eigenvalue weighted by Crippen LogP contribution is 2.46. The Bertz CT molecular complexity index is 1100. The second-order valence-corrected chi connectivity index (χ2v) is 6.83. The molecule has 27 heavy (non-hydrogen) atoms. The Hall–Kier alpha value is -3.40. The van der Waals surface area contributed by atoms with Gasteiger partial charge in [-0.1, -0.05) is 42.5 Å². The average molecular weight is 356 g/mol. The minimum atomic E-state index is 0.177. The Morgan fingerprint density at radius 1 is 0.667 bits per heavy atom. The molecule has 1 unspecified atom stereocenters. The highest BCUT2D eigenvalue weighted by molar-refractivity contribution is 5.87. The fraction of sp³-hybridized carbons (Fsp3) is 0.130. The van der Waals surface area contributed by atoms with Gasteiger partial charge < -0.3 is 18.9 Å². The van der Waals surface area contributed by atoms with Gasteiger partial charge in [0.15, 0.2) is 23.0 Å². The van der Waals surface area contributed by atoms with Crippen LogP contribution in [-0.4, -0.2) is 13.6 Å². The molecule has 0 radical (unpaired) electrons. The van der Waals surface area contributed by atoms with Crippen LogP contribution in [-0.2, 0) is 0 Å². The first-order valence-corrected chi connectivity index (χ1v) is 8.97. The van der Waals surface area contributed by atoms with Crippen LogP contribution in [0.25, 0.3) is 5.57 Å². The smallest absolute Gasteiger partial charge is 0.231 e. The molecule has 1 atom stereocenters. The van der Waals surface area contributed by atoms with Gasteiger partial charge in [-0.3, -0.25) is 0 Å². The Labute approximate surface area is 156 Å². The zero-order chi connectivity index (χ0) is 17.8. The van der Waals surface area contributed by atoms with Crippen LogP contribution in [0.2, 0.25) is 0 Å². The fourth-order valence-corrected chi connectivity index (χ4v) is 4.06. The van der Waals surface area contributed by atoms with Crippen molar-refractivity contribution in [2.24, 2.45) is 0 Å². The van der Waals surface area contributed by atoms with Gasteiger partial charge in [-0.2, -0.15) is 0 Å². The van der Waals surface area contributed by atoms with Crippen molar-refractivity contribution in [2.75, 3.05) is 13.6 Å². The van der Waals surface area contributed by atoms with Gasteiger partial charge >= 0.3 is 0 Å². The van der Waals surface area contributed by atoms with Crippen molar-refractivity contribution in [3.8, 4) is 23.0 Å². The van der Waals surface area contributed by atoms with E-state index in [0.29, 0.717) is 6.79 Å². The summed E-state index contributed by atoms with van der Waals surface area (Å²) in [6.07, 6.45) is 2.32. The van der Waals surface area contributed by atoms with Crippen molar-refractivity contribution in [2.45, 2.75) is 5.92 Å². The third kappa shape index (κ3) is 2.23. The molecule has 0 N–H and O–H groups in total. The highest BCUT2D eigenvalue weighted by Gasteiger charge is 2.27. The van der Waals surface area contributed by atoms with Crippen LogP contribution in [0.3, 0.4) is 0 Å². The molecule has 3 aliphatic rings. The van der Waals surface area contributed by atoms with E-state index in [2.05, 4.69) is 54.6 Å². The molecule has 6 rings (SSSR count). The van der Waals surface area contributed by atoms with Crippen LogP contribution in [0, 0.1) is 0 Å². The fourth-order valence-electron chi connectivity index (χ4n) is 4.06. The molecule has 2 aliphatic heterocycles. The van der Waals surface area contributed by atoms with Crippen molar-refractivity contribution in [1.82, 2.24) is 0 Å². The SMILES string of the molecule is C1=C(c2ccc3c(c2)OCO3)c2ccccc2C1c1ccc2c(c1)OCO2. The number of benzene rings is 3. The third-order valence-corrected chi connectivity index (χ3v) is 5.36. The first kappa shape index (κ1) is 14.7. The molecule has 2 heterocycles. The van der Waals surface area contributed by atoms with Crippen LogP contribution in [0.1, 0.15) is 28.2 Å². The van der Waals surface area contributed by atoms with E-state index < -0.39 is 0 Å². The van der Waals surface area contributed by atoms with Crippen LogP contribution < -0.4 is 18.9 Å². The third-order valence-electron chi connectivity index (χ3n) is 5.36. The first-order chi connectivity index (χ1) is 13.4. The number of fused-ring (bicyclic) bond motifs is 3. The second kappa shape index (κ2) is 5.55. The lowest BCUT2D eigenvalue weighted by molar-refractivity contribution is 0.173. The Balaban J connectivity index is 1.48. The molecule has 4 nitrogen and oxygen atoms in total. The Morgan fingerprint density at radius 3 is 2.22 bits per heavy atom. The van der Waals surface area contributed by atoms with Crippen LogP contribution in [0.15, 0.2) is 66.7 Å². The van der Waals surface area contributed by atoms with Crippen molar-refractivity contribution in [3.05, 3.63) is 89.0 Å². The summed E-state index contributed by atoms with van der Waals surface area (Å²) in [6.45, 7) is 0.576. The van der Waals surface area contributed by atoms with E-state index in [1.165, 1.54) is 22.3 Å². The lowest BCUT2D eigenvalue weighted by Gasteiger charge is -2.12. The summed E-state index contributed by atoms with van der Waals surface area (Å²) in [5.74, 6) is 3.41. The van der Waals surface area contributed by atoms with Crippen molar-refractivity contribution >= 4 is 5.57 Å². The molecule has 0 aromatic heterocycles. The molecule has 0 spiro atoms. The number of allylic oxidation sites excluding steroid dienone is 1. The maximum absolute atomic E-state index is 5.58. The summed E-state index contributed by atoms with van der Waals surface area (Å²) in [5.41, 5.74) is 6.09. The second-order valence-electron chi connectivity index (χ2n) is 6.83. The molecule has 0 bridgehead atoms. The summed E-state index contributed by atoms with van der Waals surface area (Å²) in [6, 6.07) is 20.9. The molecular formula is C23H16O4. The molecule has 4 heteroatoms. The summed E-state index contributed by atoms with van der Waals surface area (Å²) in [7, 11) is 0. The lowest BCUT2D eigenvalue weighted by Crippen LogP contribution is -1.95. The zero-order valence-electron chi connectivity index (χ0n) is 14.5. The molecule has 0 amide bonds. The van der Waals surface area contributed by atoms with Crippen LogP contribution >= 0.6 is 0 Å². The van der Waals surface area contributed by atoms with E-state index in [1.54, 1.807) is 0 Å². The molecule has 0 saturated carbocycles. The first-order valence-electron chi connectivity index (χ1n) is 8.97. The van der Waals surface area contributed by atoms with Gasteiger partial charge in [-0.15, -0.1) is 0 Å². The van der Waals surface area contributed by atoms with Gasteiger partial charge in [0.1, 0.15) is 0 Å². The van der Waals surface area contributed by atoms with E-state index in [9.17, 15) is 0 Å². The summed E-state index contributed by atoms with van der Waals surface area (Å²) >= 11 is 0. The predicted octanol–water partition coefficient (Wildman–Crippen LogP) is 4.72. The molecule has 0 fully saturated rings. The van der Waals surface area contributed by atoms with Crippen LogP contribution in [0.4, 0.5) is 0 Å². The molecule has 3 aromatic carbocycles. The number of hydrogen-bond donors (Lipinski definition) is 0. The minimum absolute atomic E-state index is 0.177. The monoisotopic (exact) mass is 356 g/mol. The molecule has 132 valence electrons. The van der Waals surface area contributed by atoms with E-state index in [0.717, 1.165) is 28.6 Å². The van der Waals surface area contributed by atoms with E-state index in [4.69, 9.17) is 18.9 Å². The summed E-state index contributed by atoms with van der Waals surface area (Å²) < 4.78 is 22.1. The minimum Gasteiger partial charge on any atom is -0.454 e. The quantitative estimate of drug-likeness (QED) is 0.666. The van der Waals surface area contributed by atoms with E-state index in [1.807, 2.05) is 12.1 Å². The number of rotatable bonds is 2. The summed E-state index contributed by atoms with van der Waals surface area (Å²) in [5, 5.41) is 0. The average Bonchev–Trinajstić information content (AvgIpc) is 3.44. The molecule has 1 aliphatic carbocycles. The van der Waals surface area contributed by atoms with Crippen molar-refractivity contribution in [3.63, 3.8) is 0 Å². The molecule has 0 saturated heterocycles. The Kier molecular flexibility index (Phi) is 3.03. The lowest BCUT2D eigenvalue weighted by atomic mass is 9.93. The van der Waals surface area contributed by atoms with Gasteiger partial charge in [-0.05, 0) is 52.1 Å². The standard InChI is InChI=1S/C23H16O4/c1-2-4-17-16(3-1)18(14-5-7-20-22(9-14)26-12-24-20)11-19(17)15-6-8-21-23(10-15)27-13-25-21/h1-11,18H,12-13H2. The largest absolute Gasteiger partial charge is 0.454 e. The maximum Gasteiger partial charge on any atom is 0.231 e. The van der Waals surface area contributed by atoms with Gasteiger partial charge in [0.25, 0.3) is 0 Å². The van der Waals surface area contributed by atoms with E-state index >= 15 is 0 Å². The van der Waals surface area contributed by atoms with Gasteiger partial charge in [0.05, 0.1) is 0 Å². The van der Waals surface area contributed by atoms with Crippen molar-refractivity contribution in [1.29, 1.82) is 0 Å². The molecular weight excluding hydrogens is 340 g/mol. The summed E-state index contributed by atoms with van der Waals surface area (Å²) in [4.78, 5) is 0. The van der Waals surface area contributed by atoms with Gasteiger partial charge in [-0.25, -0.2) is 0 Å². The Morgan fingerprint density at radius 2 is 1.37 bits per heavy atom. The highest BCUT2D eigenvalue weighted by atomic mass is 16.7. The number of hydrogen-bond acceptors (Lipinski definition) is 4. The molecule has 3 aromatic rings. The normalized spacial score (nSPS) is 18.4. The maximum atomic E-state index is 5.58. The van der Waals surface area contributed by atoms with Gasteiger partial charge in [0.2, 0.25) is 13.6 Å².